The number of hydrogen-bond acceptors (Lipinski definition) is 2. The van der Waals surface area contributed by atoms with Crippen LogP contribution in [0.5, 0.6) is 0 Å². The molecule has 1 saturated heterocycles. The summed E-state index contributed by atoms with van der Waals surface area (Å²) in [5.74, 6) is 0.843. The van der Waals surface area contributed by atoms with Crippen LogP contribution in [0.4, 0.5) is 13.2 Å². The zero-order valence-electron chi connectivity index (χ0n) is 7.81. The molecule has 1 aliphatic heterocycles. The van der Waals surface area contributed by atoms with Crippen LogP contribution in [0.1, 0.15) is 19.3 Å². The van der Waals surface area contributed by atoms with Crippen LogP contribution in [0.2, 0.25) is 0 Å². The van der Waals surface area contributed by atoms with Crippen LogP contribution in [0, 0.1) is 5.92 Å². The molecule has 1 saturated carbocycles. The number of thioether (sulfide) groups is 1. The summed E-state index contributed by atoms with van der Waals surface area (Å²) >= 11 is 1.79. The van der Waals surface area contributed by atoms with Gasteiger partial charge < -0.3 is 5.32 Å². The van der Waals surface area contributed by atoms with E-state index in [1.165, 1.54) is 0 Å². The zero-order chi connectivity index (χ0) is 10.2. The van der Waals surface area contributed by atoms with E-state index in [1.807, 2.05) is 0 Å². The van der Waals surface area contributed by atoms with Gasteiger partial charge in [-0.25, -0.2) is 0 Å². The summed E-state index contributed by atoms with van der Waals surface area (Å²) in [5, 5.41) is 3.13. The third-order valence-electron chi connectivity index (χ3n) is 3.02. The molecule has 5 heteroatoms. The van der Waals surface area contributed by atoms with E-state index in [0.29, 0.717) is 25.3 Å². The third-order valence-corrected chi connectivity index (χ3v) is 4.30. The average Bonchev–Trinajstić information content (AvgIpc) is 2.42. The lowest BCUT2D eigenvalue weighted by atomic mass is 10.0. The average molecular weight is 225 g/mol. The SMILES string of the molecule is FC(F)(F)[C@@H]1CCC[C@@H]1NC1CSC1. The Hall–Kier alpha value is 0.100. The van der Waals surface area contributed by atoms with Crippen LogP contribution in [-0.2, 0) is 0 Å². The highest BCUT2D eigenvalue weighted by Crippen LogP contribution is 2.39. The quantitative estimate of drug-likeness (QED) is 0.774. The van der Waals surface area contributed by atoms with Crippen molar-refractivity contribution in [1.82, 2.24) is 5.32 Å². The Balaban J connectivity index is 1.89. The minimum Gasteiger partial charge on any atom is -0.309 e. The number of alkyl halides is 3. The largest absolute Gasteiger partial charge is 0.393 e. The van der Waals surface area contributed by atoms with E-state index in [9.17, 15) is 13.2 Å². The summed E-state index contributed by atoms with van der Waals surface area (Å²) < 4.78 is 37.6. The molecule has 0 radical (unpaired) electrons. The Morgan fingerprint density at radius 2 is 1.86 bits per heavy atom. The number of rotatable bonds is 2. The minimum atomic E-state index is -4.01. The highest BCUT2D eigenvalue weighted by Gasteiger charge is 2.47. The van der Waals surface area contributed by atoms with Crippen LogP contribution < -0.4 is 5.32 Å². The molecule has 2 rings (SSSR count). The summed E-state index contributed by atoms with van der Waals surface area (Å²) in [5.41, 5.74) is 0. The second-order valence-electron chi connectivity index (χ2n) is 4.09. The number of halogens is 3. The van der Waals surface area contributed by atoms with E-state index in [2.05, 4.69) is 5.32 Å². The molecule has 0 aromatic heterocycles. The van der Waals surface area contributed by atoms with Crippen molar-refractivity contribution in [3.63, 3.8) is 0 Å². The highest BCUT2D eigenvalue weighted by atomic mass is 32.2. The summed E-state index contributed by atoms with van der Waals surface area (Å²) in [6.45, 7) is 0. The molecule has 14 heavy (non-hydrogen) atoms. The van der Waals surface area contributed by atoms with Gasteiger partial charge in [-0.15, -0.1) is 0 Å². The second-order valence-corrected chi connectivity index (χ2v) is 5.16. The molecule has 0 amide bonds. The van der Waals surface area contributed by atoms with Crippen LogP contribution in [0.3, 0.4) is 0 Å². The van der Waals surface area contributed by atoms with Gasteiger partial charge in [-0.3, -0.25) is 0 Å². The fourth-order valence-corrected chi connectivity index (χ4v) is 2.85. The van der Waals surface area contributed by atoms with E-state index in [0.717, 1.165) is 11.5 Å². The van der Waals surface area contributed by atoms with Crippen molar-refractivity contribution in [2.24, 2.45) is 5.92 Å². The third kappa shape index (κ3) is 2.19. The van der Waals surface area contributed by atoms with Gasteiger partial charge in [0.15, 0.2) is 0 Å². The van der Waals surface area contributed by atoms with Crippen molar-refractivity contribution < 1.29 is 13.2 Å². The first-order chi connectivity index (χ1) is 6.57. The van der Waals surface area contributed by atoms with Gasteiger partial charge in [0.1, 0.15) is 0 Å². The normalized spacial score (nSPS) is 34.5. The molecule has 0 aromatic carbocycles. The molecular weight excluding hydrogens is 211 g/mol. The van der Waals surface area contributed by atoms with Crippen molar-refractivity contribution in [3.05, 3.63) is 0 Å². The zero-order valence-corrected chi connectivity index (χ0v) is 8.63. The van der Waals surface area contributed by atoms with E-state index >= 15 is 0 Å². The Kier molecular flexibility index (Phi) is 2.98. The van der Waals surface area contributed by atoms with Crippen LogP contribution in [0.15, 0.2) is 0 Å². The molecule has 1 nitrogen and oxygen atoms in total. The van der Waals surface area contributed by atoms with Crippen LogP contribution in [-0.4, -0.2) is 29.8 Å². The Bertz CT molecular complexity index is 203. The van der Waals surface area contributed by atoms with Crippen molar-refractivity contribution in [3.8, 4) is 0 Å². The maximum atomic E-state index is 12.5. The number of hydrogen-bond donors (Lipinski definition) is 1. The van der Waals surface area contributed by atoms with E-state index in [1.54, 1.807) is 11.8 Å². The molecule has 2 aliphatic rings. The predicted octanol–water partition coefficient (Wildman–Crippen LogP) is 2.42. The summed E-state index contributed by atoms with van der Waals surface area (Å²) in [6, 6.07) is 0.00819. The first-order valence-electron chi connectivity index (χ1n) is 4.98. The van der Waals surface area contributed by atoms with E-state index in [-0.39, 0.29) is 6.04 Å². The van der Waals surface area contributed by atoms with Gasteiger partial charge >= 0.3 is 6.18 Å². The Morgan fingerprint density at radius 1 is 1.14 bits per heavy atom. The molecule has 0 unspecified atom stereocenters. The maximum absolute atomic E-state index is 12.5. The van der Waals surface area contributed by atoms with Gasteiger partial charge in [0, 0.05) is 23.6 Å². The summed E-state index contributed by atoms with van der Waals surface area (Å²) in [7, 11) is 0. The molecule has 0 aromatic rings. The summed E-state index contributed by atoms with van der Waals surface area (Å²) in [4.78, 5) is 0. The smallest absolute Gasteiger partial charge is 0.309 e. The highest BCUT2D eigenvalue weighted by molar-refractivity contribution is 8.00. The first kappa shape index (κ1) is 10.6. The van der Waals surface area contributed by atoms with Gasteiger partial charge in [-0.1, -0.05) is 6.42 Å². The molecule has 1 N–H and O–H groups in total. The van der Waals surface area contributed by atoms with Gasteiger partial charge in [0.2, 0.25) is 0 Å². The summed E-state index contributed by atoms with van der Waals surface area (Å²) in [6.07, 6.45) is -2.31. The van der Waals surface area contributed by atoms with Crippen molar-refractivity contribution in [1.29, 1.82) is 0 Å². The molecule has 2 fully saturated rings. The van der Waals surface area contributed by atoms with Crippen LogP contribution in [0.25, 0.3) is 0 Å². The fourth-order valence-electron chi connectivity index (χ4n) is 2.19. The Morgan fingerprint density at radius 3 is 2.36 bits per heavy atom. The van der Waals surface area contributed by atoms with E-state index < -0.39 is 12.1 Å². The molecule has 1 heterocycles. The number of nitrogens with one attached hydrogen (secondary N) is 1. The molecule has 82 valence electrons. The predicted molar refractivity (Wildman–Crippen MR) is 51.4 cm³/mol. The lowest BCUT2D eigenvalue weighted by molar-refractivity contribution is -0.178. The topological polar surface area (TPSA) is 12.0 Å². The van der Waals surface area contributed by atoms with Gasteiger partial charge in [0.05, 0.1) is 5.92 Å². The standard InChI is InChI=1S/C9H14F3NS/c10-9(11,12)7-2-1-3-8(7)13-6-4-14-5-6/h6-8,13H,1-5H2/t7-,8+/m1/s1. The van der Waals surface area contributed by atoms with Crippen molar-refractivity contribution >= 4 is 11.8 Å². The Labute approximate surface area is 85.8 Å². The lowest BCUT2D eigenvalue weighted by Gasteiger charge is -2.32. The molecular formula is C9H14F3NS. The van der Waals surface area contributed by atoms with Gasteiger partial charge in [0.25, 0.3) is 0 Å². The molecule has 2 atom stereocenters. The fraction of sp³-hybridized carbons (Fsp3) is 1.00. The molecule has 1 aliphatic carbocycles. The molecule has 0 bridgehead atoms. The van der Waals surface area contributed by atoms with Crippen LogP contribution >= 0.6 is 11.8 Å². The monoisotopic (exact) mass is 225 g/mol. The van der Waals surface area contributed by atoms with Crippen molar-refractivity contribution in [2.45, 2.75) is 37.5 Å². The first-order valence-corrected chi connectivity index (χ1v) is 6.13. The van der Waals surface area contributed by atoms with Gasteiger partial charge in [-0.2, -0.15) is 24.9 Å². The molecule has 0 spiro atoms. The second kappa shape index (κ2) is 3.93. The minimum absolute atomic E-state index is 0.307. The maximum Gasteiger partial charge on any atom is 0.393 e. The van der Waals surface area contributed by atoms with E-state index in [4.69, 9.17) is 0 Å². The van der Waals surface area contributed by atoms with Gasteiger partial charge in [-0.05, 0) is 12.8 Å². The van der Waals surface area contributed by atoms with Crippen molar-refractivity contribution in [2.75, 3.05) is 11.5 Å². The lowest BCUT2D eigenvalue weighted by Crippen LogP contribution is -2.50.